The zero-order chi connectivity index (χ0) is 14.2. The van der Waals surface area contributed by atoms with Crippen LogP contribution in [0.5, 0.6) is 5.75 Å². The maximum atomic E-state index is 5.41. The van der Waals surface area contributed by atoms with E-state index in [1.54, 1.807) is 11.8 Å². The lowest BCUT2D eigenvalue weighted by Crippen LogP contribution is -2.18. The first-order valence-corrected chi connectivity index (χ1v) is 6.67. The summed E-state index contributed by atoms with van der Waals surface area (Å²) in [5, 5.41) is 11.5. The van der Waals surface area contributed by atoms with Crippen molar-refractivity contribution in [2.75, 3.05) is 26.9 Å². The van der Waals surface area contributed by atoms with Gasteiger partial charge in [0.1, 0.15) is 5.75 Å². The maximum absolute atomic E-state index is 5.41. The average Bonchev–Trinajstić information content (AvgIpc) is 2.94. The molecule has 6 heteroatoms. The summed E-state index contributed by atoms with van der Waals surface area (Å²) in [6, 6.07) is 7.78. The third-order valence-corrected chi connectivity index (χ3v) is 2.74. The van der Waals surface area contributed by atoms with Crippen molar-refractivity contribution in [3.8, 4) is 11.4 Å². The Bertz CT molecular complexity index is 510. The lowest BCUT2D eigenvalue weighted by molar-refractivity contribution is 0.199. The van der Waals surface area contributed by atoms with Crippen molar-refractivity contribution in [3.63, 3.8) is 0 Å². The van der Waals surface area contributed by atoms with Crippen molar-refractivity contribution >= 4 is 0 Å². The molecule has 0 bridgehead atoms. The average molecular weight is 276 g/mol. The molecule has 108 valence electrons. The Hall–Kier alpha value is -1.92. The second-order valence-corrected chi connectivity index (χ2v) is 4.25. The third kappa shape index (κ3) is 4.04. The first-order chi connectivity index (χ1) is 9.83. The molecule has 0 saturated carbocycles. The van der Waals surface area contributed by atoms with Crippen LogP contribution in [0.3, 0.4) is 0 Å². The minimum Gasteiger partial charge on any atom is -0.494 e. The Morgan fingerprint density at radius 2 is 2.05 bits per heavy atom. The molecule has 0 aliphatic heterocycles. The number of hydrogen-bond donors (Lipinski definition) is 1. The molecule has 0 atom stereocenters. The van der Waals surface area contributed by atoms with Gasteiger partial charge in [0.2, 0.25) is 0 Å². The summed E-state index contributed by atoms with van der Waals surface area (Å²) in [6.07, 6.45) is 1.91. The minimum absolute atomic E-state index is 0.667. The molecule has 1 heterocycles. The lowest BCUT2D eigenvalue weighted by Gasteiger charge is -2.04. The quantitative estimate of drug-likeness (QED) is 0.739. The summed E-state index contributed by atoms with van der Waals surface area (Å²) in [5.74, 6) is 0.859. The van der Waals surface area contributed by atoms with Gasteiger partial charge in [-0.2, -0.15) is 0 Å². The van der Waals surface area contributed by atoms with Crippen LogP contribution in [-0.4, -0.2) is 41.9 Å². The van der Waals surface area contributed by atoms with Gasteiger partial charge < -0.3 is 14.8 Å². The normalized spacial score (nSPS) is 10.7. The van der Waals surface area contributed by atoms with Gasteiger partial charge in [-0.25, -0.2) is 4.68 Å². The molecule has 6 nitrogen and oxygen atoms in total. The summed E-state index contributed by atoms with van der Waals surface area (Å²) in [7, 11) is 1.68. The standard InChI is InChI=1S/C14H20N4O2/c1-3-20-14-6-4-13(5-7-14)18-11-12(16-17-18)10-15-8-9-19-2/h4-7,11,15H,3,8-10H2,1-2H3. The van der Waals surface area contributed by atoms with Crippen molar-refractivity contribution in [2.45, 2.75) is 13.5 Å². The largest absolute Gasteiger partial charge is 0.494 e. The van der Waals surface area contributed by atoms with Crippen molar-refractivity contribution in [3.05, 3.63) is 36.2 Å². The Labute approximate surface area is 118 Å². The molecule has 0 fully saturated rings. The zero-order valence-electron chi connectivity index (χ0n) is 11.9. The molecule has 0 aliphatic rings. The zero-order valence-corrected chi connectivity index (χ0v) is 11.9. The fourth-order valence-corrected chi connectivity index (χ4v) is 1.76. The fourth-order valence-electron chi connectivity index (χ4n) is 1.76. The van der Waals surface area contributed by atoms with Crippen LogP contribution in [0.4, 0.5) is 0 Å². The fraction of sp³-hybridized carbons (Fsp3) is 0.429. The third-order valence-electron chi connectivity index (χ3n) is 2.74. The van der Waals surface area contributed by atoms with Gasteiger partial charge in [-0.1, -0.05) is 5.21 Å². The van der Waals surface area contributed by atoms with Crippen LogP contribution in [0, 0.1) is 0 Å². The van der Waals surface area contributed by atoms with Crippen molar-refractivity contribution in [1.29, 1.82) is 0 Å². The van der Waals surface area contributed by atoms with E-state index in [1.165, 1.54) is 0 Å². The minimum atomic E-state index is 0.667. The molecule has 1 aromatic heterocycles. The molecule has 20 heavy (non-hydrogen) atoms. The Kier molecular flexibility index (Phi) is 5.52. The summed E-state index contributed by atoms with van der Waals surface area (Å²) >= 11 is 0. The van der Waals surface area contributed by atoms with Gasteiger partial charge in [0.05, 0.1) is 30.8 Å². The van der Waals surface area contributed by atoms with Gasteiger partial charge >= 0.3 is 0 Å². The Morgan fingerprint density at radius 1 is 1.25 bits per heavy atom. The number of benzene rings is 1. The molecule has 0 aliphatic carbocycles. The molecule has 0 amide bonds. The first-order valence-electron chi connectivity index (χ1n) is 6.67. The van der Waals surface area contributed by atoms with E-state index >= 15 is 0 Å². The molecule has 0 saturated heterocycles. The molecule has 0 unspecified atom stereocenters. The number of ether oxygens (including phenoxy) is 2. The van der Waals surface area contributed by atoms with E-state index in [-0.39, 0.29) is 0 Å². The van der Waals surface area contributed by atoms with Crippen LogP contribution in [-0.2, 0) is 11.3 Å². The van der Waals surface area contributed by atoms with E-state index < -0.39 is 0 Å². The van der Waals surface area contributed by atoms with Crippen LogP contribution >= 0.6 is 0 Å². The number of aromatic nitrogens is 3. The number of methoxy groups -OCH3 is 1. The Morgan fingerprint density at radius 3 is 2.75 bits per heavy atom. The van der Waals surface area contributed by atoms with Crippen molar-refractivity contribution < 1.29 is 9.47 Å². The Balaban J connectivity index is 1.93. The summed E-state index contributed by atoms with van der Waals surface area (Å²) < 4.78 is 12.1. The highest BCUT2D eigenvalue weighted by atomic mass is 16.5. The maximum Gasteiger partial charge on any atom is 0.119 e. The summed E-state index contributed by atoms with van der Waals surface area (Å²) in [4.78, 5) is 0. The molecular weight excluding hydrogens is 256 g/mol. The van der Waals surface area contributed by atoms with Crippen LogP contribution in [0.1, 0.15) is 12.6 Å². The topological polar surface area (TPSA) is 61.2 Å². The SMILES string of the molecule is CCOc1ccc(-n2cc(CNCCOC)nn2)cc1. The predicted molar refractivity (Wildman–Crippen MR) is 76.1 cm³/mol. The number of hydrogen-bond acceptors (Lipinski definition) is 5. The smallest absolute Gasteiger partial charge is 0.119 e. The molecular formula is C14H20N4O2. The molecule has 1 aromatic carbocycles. The lowest BCUT2D eigenvalue weighted by atomic mass is 10.3. The van der Waals surface area contributed by atoms with Gasteiger partial charge in [-0.3, -0.25) is 0 Å². The molecule has 2 rings (SSSR count). The number of nitrogens with zero attached hydrogens (tertiary/aromatic N) is 3. The van der Waals surface area contributed by atoms with Crippen LogP contribution in [0.15, 0.2) is 30.5 Å². The van der Waals surface area contributed by atoms with Crippen LogP contribution in [0.25, 0.3) is 5.69 Å². The van der Waals surface area contributed by atoms with Crippen molar-refractivity contribution in [1.82, 2.24) is 20.3 Å². The van der Waals surface area contributed by atoms with Gasteiger partial charge in [0.15, 0.2) is 0 Å². The van der Waals surface area contributed by atoms with E-state index in [1.807, 2.05) is 37.4 Å². The predicted octanol–water partition coefficient (Wildman–Crippen LogP) is 1.40. The molecule has 1 N–H and O–H groups in total. The van der Waals surface area contributed by atoms with Gasteiger partial charge in [-0.05, 0) is 31.2 Å². The van der Waals surface area contributed by atoms with E-state index in [9.17, 15) is 0 Å². The van der Waals surface area contributed by atoms with Crippen LogP contribution < -0.4 is 10.1 Å². The van der Waals surface area contributed by atoms with Gasteiger partial charge in [-0.15, -0.1) is 5.10 Å². The monoisotopic (exact) mass is 276 g/mol. The highest BCUT2D eigenvalue weighted by Crippen LogP contribution is 2.14. The molecule has 0 radical (unpaired) electrons. The van der Waals surface area contributed by atoms with E-state index in [0.29, 0.717) is 19.8 Å². The highest BCUT2D eigenvalue weighted by molar-refractivity contribution is 5.36. The van der Waals surface area contributed by atoms with Crippen LogP contribution in [0.2, 0.25) is 0 Å². The first kappa shape index (κ1) is 14.5. The van der Waals surface area contributed by atoms with Gasteiger partial charge in [0, 0.05) is 20.2 Å². The second-order valence-electron chi connectivity index (χ2n) is 4.25. The van der Waals surface area contributed by atoms with Gasteiger partial charge in [0.25, 0.3) is 0 Å². The number of nitrogens with one attached hydrogen (secondary N) is 1. The highest BCUT2D eigenvalue weighted by Gasteiger charge is 2.03. The second kappa shape index (κ2) is 7.62. The van der Waals surface area contributed by atoms with E-state index in [4.69, 9.17) is 9.47 Å². The van der Waals surface area contributed by atoms with E-state index in [2.05, 4.69) is 15.6 Å². The molecule has 0 spiro atoms. The number of rotatable bonds is 8. The summed E-state index contributed by atoms with van der Waals surface area (Å²) in [5.41, 5.74) is 1.86. The molecule has 2 aromatic rings. The van der Waals surface area contributed by atoms with E-state index in [0.717, 1.165) is 23.7 Å². The summed E-state index contributed by atoms with van der Waals surface area (Å²) in [6.45, 7) is 4.80. The van der Waals surface area contributed by atoms with Crippen molar-refractivity contribution in [2.24, 2.45) is 0 Å².